The molecule has 0 saturated carbocycles. The molecule has 0 rings (SSSR count). The Morgan fingerprint density at radius 1 is 0.810 bits per heavy atom. The third-order valence-electron chi connectivity index (χ3n) is 3.25. The van der Waals surface area contributed by atoms with Gasteiger partial charge in [-0.25, -0.2) is 0 Å². The van der Waals surface area contributed by atoms with Crippen LogP contribution in [0.5, 0.6) is 0 Å². The first kappa shape index (κ1) is 19.7. The van der Waals surface area contributed by atoms with Crippen LogP contribution in [0.2, 0.25) is 0 Å². The molecule has 0 aromatic rings. The molecule has 0 aliphatic carbocycles. The number of ether oxygens (including phenoxy) is 1. The number of hydrogen-bond acceptors (Lipinski definition) is 2. The number of carbonyl (C=O) groups is 1. The SMILES string of the molecule is CCCCC/C=C\CC/C=C/C=C\CCCCC(=O)OC. The van der Waals surface area contributed by atoms with Crippen molar-refractivity contribution in [1.82, 2.24) is 0 Å². The molecule has 2 nitrogen and oxygen atoms in total. The minimum atomic E-state index is -0.110. The van der Waals surface area contributed by atoms with Gasteiger partial charge in [0.2, 0.25) is 0 Å². The number of methoxy groups -OCH3 is 1. The first-order valence-electron chi connectivity index (χ1n) is 8.34. The van der Waals surface area contributed by atoms with Crippen molar-refractivity contribution in [3.8, 4) is 0 Å². The van der Waals surface area contributed by atoms with Crippen LogP contribution in [0, 0.1) is 0 Å². The summed E-state index contributed by atoms with van der Waals surface area (Å²) in [6, 6.07) is 0. The van der Waals surface area contributed by atoms with E-state index in [1.165, 1.54) is 32.8 Å². The van der Waals surface area contributed by atoms with Crippen LogP contribution in [-0.2, 0) is 9.53 Å². The standard InChI is InChI=1S/C19H32O2/c1-3-4-5-6-7-8-9-10-11-12-13-14-15-16-17-18-19(20)21-2/h7-8,11-14H,3-6,9-10,15-18H2,1-2H3/b8-7-,12-11+,14-13-. The summed E-state index contributed by atoms with van der Waals surface area (Å²) in [5.74, 6) is -0.110. The molecule has 2 heteroatoms. The van der Waals surface area contributed by atoms with Crippen LogP contribution in [0.3, 0.4) is 0 Å². The molecule has 0 aliphatic heterocycles. The van der Waals surface area contributed by atoms with Gasteiger partial charge in [-0.05, 0) is 44.9 Å². The van der Waals surface area contributed by atoms with Crippen molar-refractivity contribution in [1.29, 1.82) is 0 Å². The van der Waals surface area contributed by atoms with Gasteiger partial charge in [0.15, 0.2) is 0 Å². The molecule has 0 atom stereocenters. The molecule has 0 saturated heterocycles. The molecule has 120 valence electrons. The topological polar surface area (TPSA) is 26.3 Å². The summed E-state index contributed by atoms with van der Waals surface area (Å²) in [5.41, 5.74) is 0. The van der Waals surface area contributed by atoms with E-state index in [-0.39, 0.29) is 5.97 Å². The molecule has 0 aromatic carbocycles. The Morgan fingerprint density at radius 2 is 1.38 bits per heavy atom. The monoisotopic (exact) mass is 292 g/mol. The Balaban J connectivity index is 3.34. The minimum Gasteiger partial charge on any atom is -0.469 e. The van der Waals surface area contributed by atoms with E-state index in [2.05, 4.69) is 48.1 Å². The van der Waals surface area contributed by atoms with Crippen molar-refractivity contribution in [2.24, 2.45) is 0 Å². The zero-order valence-corrected chi connectivity index (χ0v) is 13.9. The van der Waals surface area contributed by atoms with Crippen molar-refractivity contribution in [3.05, 3.63) is 36.5 Å². The average Bonchev–Trinajstić information content (AvgIpc) is 2.50. The van der Waals surface area contributed by atoms with Gasteiger partial charge >= 0.3 is 5.97 Å². The van der Waals surface area contributed by atoms with Gasteiger partial charge in [-0.15, -0.1) is 0 Å². The highest BCUT2D eigenvalue weighted by Gasteiger charge is 1.97. The average molecular weight is 292 g/mol. The van der Waals surface area contributed by atoms with Crippen molar-refractivity contribution in [2.75, 3.05) is 7.11 Å². The fourth-order valence-electron chi connectivity index (χ4n) is 1.92. The first-order valence-corrected chi connectivity index (χ1v) is 8.34. The van der Waals surface area contributed by atoms with Gasteiger partial charge in [0.1, 0.15) is 0 Å². The summed E-state index contributed by atoms with van der Waals surface area (Å²) in [5, 5.41) is 0. The summed E-state index contributed by atoms with van der Waals surface area (Å²) in [4.78, 5) is 10.9. The Hall–Kier alpha value is -1.31. The summed E-state index contributed by atoms with van der Waals surface area (Å²) >= 11 is 0. The highest BCUT2D eigenvalue weighted by molar-refractivity contribution is 5.68. The maximum Gasteiger partial charge on any atom is 0.305 e. The van der Waals surface area contributed by atoms with Crippen LogP contribution in [0.25, 0.3) is 0 Å². The van der Waals surface area contributed by atoms with E-state index < -0.39 is 0 Å². The van der Waals surface area contributed by atoms with Gasteiger partial charge in [-0.2, -0.15) is 0 Å². The van der Waals surface area contributed by atoms with Gasteiger partial charge in [0.25, 0.3) is 0 Å². The van der Waals surface area contributed by atoms with Crippen LogP contribution in [0.15, 0.2) is 36.5 Å². The van der Waals surface area contributed by atoms with E-state index in [4.69, 9.17) is 0 Å². The van der Waals surface area contributed by atoms with E-state index in [1.807, 2.05) is 0 Å². The quantitative estimate of drug-likeness (QED) is 0.187. The van der Waals surface area contributed by atoms with Crippen LogP contribution in [0.4, 0.5) is 0 Å². The minimum absolute atomic E-state index is 0.110. The second kappa shape index (κ2) is 16.7. The highest BCUT2D eigenvalue weighted by Crippen LogP contribution is 2.03. The fraction of sp³-hybridized carbons (Fsp3) is 0.632. The smallest absolute Gasteiger partial charge is 0.305 e. The third kappa shape index (κ3) is 16.6. The molecule has 0 N–H and O–H groups in total. The lowest BCUT2D eigenvalue weighted by Crippen LogP contribution is -1.98. The molecule has 0 aliphatic rings. The summed E-state index contributed by atoms with van der Waals surface area (Å²) < 4.78 is 4.60. The van der Waals surface area contributed by atoms with Crippen molar-refractivity contribution >= 4 is 5.97 Å². The Kier molecular flexibility index (Phi) is 15.7. The summed E-state index contributed by atoms with van der Waals surface area (Å²) in [6.45, 7) is 2.24. The van der Waals surface area contributed by atoms with Crippen LogP contribution >= 0.6 is 0 Å². The Morgan fingerprint density at radius 3 is 2.10 bits per heavy atom. The van der Waals surface area contributed by atoms with Crippen LogP contribution in [-0.4, -0.2) is 13.1 Å². The van der Waals surface area contributed by atoms with Crippen molar-refractivity contribution < 1.29 is 9.53 Å². The van der Waals surface area contributed by atoms with Crippen molar-refractivity contribution in [2.45, 2.75) is 71.1 Å². The largest absolute Gasteiger partial charge is 0.469 e. The lowest BCUT2D eigenvalue weighted by atomic mass is 10.1. The molecule has 0 bridgehead atoms. The zero-order valence-electron chi connectivity index (χ0n) is 13.9. The lowest BCUT2D eigenvalue weighted by Gasteiger charge is -1.96. The molecular weight excluding hydrogens is 260 g/mol. The van der Waals surface area contributed by atoms with Gasteiger partial charge < -0.3 is 4.74 Å². The van der Waals surface area contributed by atoms with Crippen LogP contribution < -0.4 is 0 Å². The first-order chi connectivity index (χ1) is 10.3. The van der Waals surface area contributed by atoms with E-state index >= 15 is 0 Å². The lowest BCUT2D eigenvalue weighted by molar-refractivity contribution is -0.140. The molecule has 0 radical (unpaired) electrons. The number of rotatable bonds is 13. The number of allylic oxidation sites excluding steroid dienone is 6. The second-order valence-corrected chi connectivity index (χ2v) is 5.22. The number of carbonyl (C=O) groups excluding carboxylic acids is 1. The van der Waals surface area contributed by atoms with Gasteiger partial charge in [0, 0.05) is 6.42 Å². The highest BCUT2D eigenvalue weighted by atomic mass is 16.5. The Bertz CT molecular complexity index is 314. The zero-order chi connectivity index (χ0) is 15.6. The van der Waals surface area contributed by atoms with Gasteiger partial charge in [-0.3, -0.25) is 4.79 Å². The fourth-order valence-corrected chi connectivity index (χ4v) is 1.92. The molecule has 0 unspecified atom stereocenters. The molecule has 0 heterocycles. The van der Waals surface area contributed by atoms with E-state index in [9.17, 15) is 4.79 Å². The second-order valence-electron chi connectivity index (χ2n) is 5.22. The molecule has 0 aromatic heterocycles. The summed E-state index contributed by atoms with van der Waals surface area (Å²) in [7, 11) is 1.44. The number of esters is 1. The van der Waals surface area contributed by atoms with E-state index in [1.54, 1.807) is 0 Å². The predicted molar refractivity (Wildman–Crippen MR) is 91.3 cm³/mol. The number of unbranched alkanes of at least 4 members (excludes halogenated alkanes) is 6. The third-order valence-corrected chi connectivity index (χ3v) is 3.25. The molecule has 0 fully saturated rings. The molecule has 0 amide bonds. The molecule has 0 spiro atoms. The molecule has 21 heavy (non-hydrogen) atoms. The predicted octanol–water partition coefficient (Wildman–Crippen LogP) is 5.75. The summed E-state index contributed by atoms with van der Waals surface area (Å²) in [6.07, 6.45) is 24.1. The normalized spacial score (nSPS) is 11.9. The maximum atomic E-state index is 10.9. The molecular formula is C19H32O2. The van der Waals surface area contributed by atoms with Crippen LogP contribution in [0.1, 0.15) is 71.1 Å². The maximum absolute atomic E-state index is 10.9. The Labute approximate surface area is 131 Å². The van der Waals surface area contributed by atoms with Crippen molar-refractivity contribution in [3.63, 3.8) is 0 Å². The number of hydrogen-bond donors (Lipinski definition) is 0. The van der Waals surface area contributed by atoms with Gasteiger partial charge in [0.05, 0.1) is 7.11 Å². The van der Waals surface area contributed by atoms with E-state index in [0.29, 0.717) is 6.42 Å². The van der Waals surface area contributed by atoms with Gasteiger partial charge in [-0.1, -0.05) is 56.2 Å². The van der Waals surface area contributed by atoms with E-state index in [0.717, 1.165) is 32.1 Å².